The van der Waals surface area contributed by atoms with Crippen LogP contribution in [0.3, 0.4) is 0 Å². The Morgan fingerprint density at radius 3 is 2.79 bits per heavy atom. The number of benzene rings is 1. The molecule has 2 rings (SSSR count). The average Bonchev–Trinajstić information content (AvgIpc) is 2.58. The summed E-state index contributed by atoms with van der Waals surface area (Å²) in [5, 5.41) is 3.18. The highest BCUT2D eigenvalue weighted by Gasteiger charge is 2.24. The Morgan fingerprint density at radius 1 is 1.26 bits per heavy atom. The number of alkyl halides is 1. The predicted octanol–water partition coefficient (Wildman–Crippen LogP) is 4.58. The molecule has 104 valence electrons. The van der Waals surface area contributed by atoms with E-state index < -0.39 is 0 Å². The number of rotatable bonds is 2. The molecule has 1 saturated carbocycles. The first-order chi connectivity index (χ1) is 9.09. The Labute approximate surface area is 131 Å². The molecule has 0 saturated heterocycles. The zero-order chi connectivity index (χ0) is 13.8. The minimum Gasteiger partial charge on any atom is -0.348 e. The van der Waals surface area contributed by atoms with Gasteiger partial charge in [0.05, 0.1) is 5.56 Å². The Kier molecular flexibility index (Phi) is 5.46. The molecule has 4 heteroatoms. The smallest absolute Gasteiger partial charge is 0.252 e. The Bertz CT molecular complexity index is 461. The number of carbonyl (C=O) groups excluding carboxylic acids is 1. The van der Waals surface area contributed by atoms with Gasteiger partial charge in [0, 0.05) is 15.3 Å². The summed E-state index contributed by atoms with van der Waals surface area (Å²) >= 11 is 7.22. The monoisotopic (exact) mass is 387 g/mol. The van der Waals surface area contributed by atoms with Crippen LogP contribution in [0.5, 0.6) is 0 Å². The van der Waals surface area contributed by atoms with Gasteiger partial charge < -0.3 is 5.32 Å². The fourth-order valence-corrected chi connectivity index (χ4v) is 3.66. The maximum absolute atomic E-state index is 12.4. The lowest BCUT2D eigenvalue weighted by Gasteiger charge is -2.22. The zero-order valence-corrected chi connectivity index (χ0v) is 14.3. The highest BCUT2D eigenvalue weighted by atomic mass is 79.9. The molecule has 0 heterocycles. The van der Waals surface area contributed by atoms with E-state index in [1.165, 1.54) is 19.3 Å². The summed E-state index contributed by atoms with van der Waals surface area (Å²) in [6.45, 7) is 2.00. The third kappa shape index (κ3) is 3.82. The molecule has 2 unspecified atom stereocenters. The predicted molar refractivity (Wildman–Crippen MR) is 85.9 cm³/mol. The zero-order valence-electron chi connectivity index (χ0n) is 11.1. The summed E-state index contributed by atoms with van der Waals surface area (Å²) in [7, 11) is 0. The van der Waals surface area contributed by atoms with Gasteiger partial charge in [-0.25, -0.2) is 0 Å². The van der Waals surface area contributed by atoms with Crippen LogP contribution in [-0.2, 0) is 0 Å². The number of hydrogen-bond donors (Lipinski definition) is 1. The molecule has 1 aromatic carbocycles. The topological polar surface area (TPSA) is 29.1 Å². The van der Waals surface area contributed by atoms with E-state index >= 15 is 0 Å². The molecule has 0 radical (unpaired) electrons. The van der Waals surface area contributed by atoms with Crippen molar-refractivity contribution in [2.24, 2.45) is 0 Å². The van der Waals surface area contributed by atoms with Crippen LogP contribution in [0.25, 0.3) is 0 Å². The van der Waals surface area contributed by atoms with Gasteiger partial charge in [0.1, 0.15) is 0 Å². The fraction of sp³-hybridized carbons (Fsp3) is 0.533. The van der Waals surface area contributed by atoms with E-state index in [4.69, 9.17) is 0 Å². The number of hydrogen-bond acceptors (Lipinski definition) is 1. The van der Waals surface area contributed by atoms with Crippen LogP contribution in [0.15, 0.2) is 22.7 Å². The second kappa shape index (κ2) is 6.89. The number of amides is 1. The second-order valence-corrected chi connectivity index (χ2v) is 7.14. The van der Waals surface area contributed by atoms with E-state index in [1.807, 2.05) is 25.1 Å². The van der Waals surface area contributed by atoms with Crippen LogP contribution >= 0.6 is 31.9 Å². The lowest BCUT2D eigenvalue weighted by Crippen LogP contribution is -2.40. The standard InChI is InChI=1S/C15H19Br2NO/c1-10-6-5-7-11(14(10)17)15(19)18-13-9-4-2-3-8-12(13)16/h5-7,12-13H,2-4,8-9H2,1H3,(H,18,19). The summed E-state index contributed by atoms with van der Waals surface area (Å²) in [5.41, 5.74) is 1.81. The molecule has 2 atom stereocenters. The lowest BCUT2D eigenvalue weighted by atomic mass is 10.1. The first kappa shape index (κ1) is 15.0. The molecule has 1 N–H and O–H groups in total. The van der Waals surface area contributed by atoms with Gasteiger partial charge in [0.2, 0.25) is 0 Å². The van der Waals surface area contributed by atoms with Gasteiger partial charge in [0.15, 0.2) is 0 Å². The third-order valence-corrected chi connectivity index (χ3v) is 5.83. The maximum atomic E-state index is 12.4. The quantitative estimate of drug-likeness (QED) is 0.582. The molecule has 1 amide bonds. The van der Waals surface area contributed by atoms with E-state index in [-0.39, 0.29) is 11.9 Å². The van der Waals surface area contributed by atoms with E-state index in [2.05, 4.69) is 37.2 Å². The summed E-state index contributed by atoms with van der Waals surface area (Å²) < 4.78 is 0.896. The largest absolute Gasteiger partial charge is 0.348 e. The molecule has 1 aromatic rings. The summed E-state index contributed by atoms with van der Waals surface area (Å²) in [5.74, 6) is 0.0203. The maximum Gasteiger partial charge on any atom is 0.252 e. The summed E-state index contributed by atoms with van der Waals surface area (Å²) in [6, 6.07) is 6.03. The van der Waals surface area contributed by atoms with Gasteiger partial charge in [-0.2, -0.15) is 0 Å². The molecule has 19 heavy (non-hydrogen) atoms. The Balaban J connectivity index is 2.09. The minimum atomic E-state index is 0.0203. The van der Waals surface area contributed by atoms with Gasteiger partial charge in [-0.15, -0.1) is 0 Å². The van der Waals surface area contributed by atoms with Gasteiger partial charge in [-0.3, -0.25) is 4.79 Å². The van der Waals surface area contributed by atoms with Crippen LogP contribution in [0.4, 0.5) is 0 Å². The van der Waals surface area contributed by atoms with Crippen molar-refractivity contribution in [1.82, 2.24) is 5.32 Å². The van der Waals surface area contributed by atoms with E-state index in [9.17, 15) is 4.79 Å². The van der Waals surface area contributed by atoms with Gasteiger partial charge >= 0.3 is 0 Å². The lowest BCUT2D eigenvalue weighted by molar-refractivity contribution is 0.0934. The summed E-state index contributed by atoms with van der Waals surface area (Å²) in [6.07, 6.45) is 5.91. The Hall–Kier alpha value is -0.350. The first-order valence-electron chi connectivity index (χ1n) is 6.79. The molecular formula is C15H19Br2NO. The molecule has 1 fully saturated rings. The van der Waals surface area contributed by atoms with E-state index in [1.54, 1.807) is 0 Å². The highest BCUT2D eigenvalue weighted by molar-refractivity contribution is 9.10. The molecule has 1 aliphatic carbocycles. The van der Waals surface area contributed by atoms with Crippen LogP contribution in [0, 0.1) is 6.92 Å². The number of halogens is 2. The van der Waals surface area contributed by atoms with Crippen LogP contribution < -0.4 is 5.32 Å². The van der Waals surface area contributed by atoms with Crippen molar-refractivity contribution in [2.75, 3.05) is 0 Å². The molecule has 0 bridgehead atoms. The Morgan fingerprint density at radius 2 is 2.00 bits per heavy atom. The normalized spacial score (nSPS) is 23.7. The van der Waals surface area contributed by atoms with Crippen molar-refractivity contribution in [2.45, 2.75) is 49.9 Å². The molecular weight excluding hydrogens is 370 g/mol. The average molecular weight is 389 g/mol. The van der Waals surface area contributed by atoms with Crippen LogP contribution in [-0.4, -0.2) is 16.8 Å². The highest BCUT2D eigenvalue weighted by Crippen LogP contribution is 2.25. The number of nitrogens with one attached hydrogen (secondary N) is 1. The van der Waals surface area contributed by atoms with Crippen molar-refractivity contribution < 1.29 is 4.79 Å². The van der Waals surface area contributed by atoms with Crippen LogP contribution in [0.1, 0.15) is 48.0 Å². The van der Waals surface area contributed by atoms with Crippen LogP contribution in [0.2, 0.25) is 0 Å². The second-order valence-electron chi connectivity index (χ2n) is 5.17. The van der Waals surface area contributed by atoms with E-state index in [0.717, 1.165) is 28.4 Å². The van der Waals surface area contributed by atoms with Crippen molar-refractivity contribution >= 4 is 37.8 Å². The van der Waals surface area contributed by atoms with Gasteiger partial charge in [0.25, 0.3) is 5.91 Å². The van der Waals surface area contributed by atoms with Crippen molar-refractivity contribution in [3.63, 3.8) is 0 Å². The molecule has 1 aliphatic rings. The van der Waals surface area contributed by atoms with Crippen molar-refractivity contribution in [3.05, 3.63) is 33.8 Å². The third-order valence-electron chi connectivity index (χ3n) is 3.68. The SMILES string of the molecule is Cc1cccc(C(=O)NC2CCCCCC2Br)c1Br. The van der Waals surface area contributed by atoms with Crippen molar-refractivity contribution in [1.29, 1.82) is 0 Å². The van der Waals surface area contributed by atoms with Gasteiger partial charge in [-0.1, -0.05) is 47.3 Å². The first-order valence-corrected chi connectivity index (χ1v) is 8.50. The molecule has 0 spiro atoms. The molecule has 2 nitrogen and oxygen atoms in total. The summed E-state index contributed by atoms with van der Waals surface area (Å²) in [4.78, 5) is 12.8. The van der Waals surface area contributed by atoms with Gasteiger partial charge in [-0.05, 0) is 47.3 Å². The minimum absolute atomic E-state index is 0.0203. The molecule has 0 aromatic heterocycles. The molecule has 0 aliphatic heterocycles. The number of carbonyl (C=O) groups is 1. The van der Waals surface area contributed by atoms with E-state index in [0.29, 0.717) is 4.83 Å². The van der Waals surface area contributed by atoms with Crippen molar-refractivity contribution in [3.8, 4) is 0 Å². The number of aryl methyl sites for hydroxylation is 1. The fourth-order valence-electron chi connectivity index (χ4n) is 2.49.